The topological polar surface area (TPSA) is 110 Å². The van der Waals surface area contributed by atoms with Crippen LogP contribution in [-0.4, -0.2) is 59.2 Å². The zero-order valence-corrected chi connectivity index (χ0v) is 20.5. The van der Waals surface area contributed by atoms with Gasteiger partial charge in [-0.05, 0) is 61.5 Å². The molecule has 0 aliphatic carbocycles. The van der Waals surface area contributed by atoms with Crippen LogP contribution in [0.2, 0.25) is 0 Å². The molecule has 2 aromatic carbocycles. The van der Waals surface area contributed by atoms with Crippen LogP contribution in [0.25, 0.3) is 0 Å². The molecule has 4 rings (SSSR count). The predicted molar refractivity (Wildman–Crippen MR) is 131 cm³/mol. The second-order valence-corrected chi connectivity index (χ2v) is 9.87. The molecule has 0 bridgehead atoms. The molecule has 1 saturated heterocycles. The van der Waals surface area contributed by atoms with E-state index in [4.69, 9.17) is 13.9 Å². The molecule has 3 aromatic rings. The van der Waals surface area contributed by atoms with Gasteiger partial charge in [0.15, 0.2) is 0 Å². The maximum Gasteiger partial charge on any atom is 0.261 e. The summed E-state index contributed by atoms with van der Waals surface area (Å²) in [6, 6.07) is 16.1. The normalized spacial score (nSPS) is 15.4. The number of carbonyl (C=O) groups is 1. The molecule has 2 heterocycles. The average molecular weight is 500 g/mol. The fraction of sp³-hybridized carbons (Fsp3) is 0.320. The molecule has 0 radical (unpaired) electrons. The molecular weight excluding hydrogens is 470 g/mol. The van der Waals surface area contributed by atoms with Crippen LogP contribution in [0.1, 0.15) is 27.9 Å². The second-order valence-electron chi connectivity index (χ2n) is 8.18. The van der Waals surface area contributed by atoms with Gasteiger partial charge in [-0.3, -0.25) is 14.4 Å². The van der Waals surface area contributed by atoms with Crippen molar-refractivity contribution in [1.29, 1.82) is 0 Å². The van der Waals surface area contributed by atoms with Crippen molar-refractivity contribution in [3.05, 3.63) is 77.7 Å². The molecule has 35 heavy (non-hydrogen) atoms. The van der Waals surface area contributed by atoms with Gasteiger partial charge in [0.05, 0.1) is 31.3 Å². The van der Waals surface area contributed by atoms with Gasteiger partial charge in [-0.15, -0.1) is 0 Å². The van der Waals surface area contributed by atoms with Crippen molar-refractivity contribution in [2.24, 2.45) is 0 Å². The van der Waals surface area contributed by atoms with E-state index in [1.165, 1.54) is 19.2 Å². The van der Waals surface area contributed by atoms with Crippen LogP contribution in [0.4, 0.5) is 5.69 Å². The number of nitrogens with one attached hydrogen (secondary N) is 2. The number of benzene rings is 2. The Bertz CT molecular complexity index is 1250. The zero-order chi connectivity index (χ0) is 24.8. The molecule has 1 aliphatic heterocycles. The van der Waals surface area contributed by atoms with Crippen molar-refractivity contribution >= 4 is 21.6 Å². The number of morpholine rings is 1. The third-order valence-electron chi connectivity index (χ3n) is 5.78. The highest BCUT2D eigenvalue weighted by Gasteiger charge is 2.26. The maximum atomic E-state index is 13.0. The number of carbonyl (C=O) groups excluding carboxylic acids is 1. The number of nitrogens with zero attached hydrogens (tertiary/aromatic N) is 1. The first-order valence-corrected chi connectivity index (χ1v) is 12.8. The third-order valence-corrected chi connectivity index (χ3v) is 7.16. The predicted octanol–water partition coefficient (Wildman–Crippen LogP) is 3.20. The molecule has 1 unspecified atom stereocenters. The molecule has 1 aliphatic rings. The van der Waals surface area contributed by atoms with E-state index in [9.17, 15) is 13.2 Å². The summed E-state index contributed by atoms with van der Waals surface area (Å²) in [6.07, 6.45) is 0. The molecule has 1 fully saturated rings. The molecule has 1 atom stereocenters. The SMILES string of the molecule is COc1ccc(NS(=O)(=O)c2cccc(C(=O)NCC(c3ccc(C)o3)N3CCOCC3)c2)cc1. The first-order chi connectivity index (χ1) is 16.9. The van der Waals surface area contributed by atoms with E-state index < -0.39 is 10.0 Å². The van der Waals surface area contributed by atoms with Crippen molar-refractivity contribution in [3.63, 3.8) is 0 Å². The summed E-state index contributed by atoms with van der Waals surface area (Å²) in [6.45, 7) is 4.88. The number of methoxy groups -OCH3 is 1. The van der Waals surface area contributed by atoms with E-state index in [-0.39, 0.29) is 22.4 Å². The standard InChI is InChI=1S/C25H29N3O6S/c1-18-6-11-24(34-18)23(28-12-14-33-15-13-28)17-26-25(29)19-4-3-5-22(16-19)35(30,31)27-20-7-9-21(32-2)10-8-20/h3-11,16,23,27H,12-15,17H2,1-2H3,(H,26,29). The van der Waals surface area contributed by atoms with Crippen LogP contribution < -0.4 is 14.8 Å². The Morgan fingerprint density at radius 3 is 2.49 bits per heavy atom. The van der Waals surface area contributed by atoms with Gasteiger partial charge in [-0.1, -0.05) is 6.07 Å². The van der Waals surface area contributed by atoms with E-state index in [1.54, 1.807) is 36.4 Å². The van der Waals surface area contributed by atoms with Gasteiger partial charge in [0, 0.05) is 30.9 Å². The Labute approximate surface area is 205 Å². The van der Waals surface area contributed by atoms with E-state index in [1.807, 2.05) is 19.1 Å². The average Bonchev–Trinajstić information content (AvgIpc) is 3.31. The number of hydrogen-bond donors (Lipinski definition) is 2. The Morgan fingerprint density at radius 2 is 1.83 bits per heavy atom. The fourth-order valence-corrected chi connectivity index (χ4v) is 5.00. The highest BCUT2D eigenvalue weighted by atomic mass is 32.2. The Hall–Kier alpha value is -3.34. The third kappa shape index (κ3) is 6.21. The molecule has 9 nitrogen and oxygen atoms in total. The number of furan rings is 1. The molecule has 186 valence electrons. The molecule has 0 spiro atoms. The van der Waals surface area contributed by atoms with Gasteiger partial charge < -0.3 is 19.2 Å². The van der Waals surface area contributed by atoms with Crippen LogP contribution in [0, 0.1) is 6.92 Å². The van der Waals surface area contributed by atoms with Gasteiger partial charge in [-0.25, -0.2) is 8.42 Å². The first kappa shape index (κ1) is 24.8. The van der Waals surface area contributed by atoms with Crippen LogP contribution in [-0.2, 0) is 14.8 Å². The molecule has 1 amide bonds. The van der Waals surface area contributed by atoms with Gasteiger partial charge in [0.2, 0.25) is 0 Å². The fourth-order valence-electron chi connectivity index (χ4n) is 3.90. The summed E-state index contributed by atoms with van der Waals surface area (Å²) in [5.74, 6) is 1.82. The summed E-state index contributed by atoms with van der Waals surface area (Å²) in [5, 5.41) is 2.93. The van der Waals surface area contributed by atoms with Crippen LogP contribution in [0.5, 0.6) is 5.75 Å². The Kier molecular flexibility index (Phi) is 7.74. The van der Waals surface area contributed by atoms with Gasteiger partial charge in [-0.2, -0.15) is 0 Å². The van der Waals surface area contributed by atoms with E-state index >= 15 is 0 Å². The van der Waals surface area contributed by atoms with Crippen molar-refractivity contribution in [3.8, 4) is 5.75 Å². The van der Waals surface area contributed by atoms with Crippen molar-refractivity contribution in [1.82, 2.24) is 10.2 Å². The lowest BCUT2D eigenvalue weighted by molar-refractivity contribution is 0.0117. The summed E-state index contributed by atoms with van der Waals surface area (Å²) in [7, 11) is -2.35. The number of sulfonamides is 1. The lowest BCUT2D eigenvalue weighted by Gasteiger charge is -2.33. The van der Waals surface area contributed by atoms with Crippen LogP contribution in [0.15, 0.2) is 70.0 Å². The largest absolute Gasteiger partial charge is 0.497 e. The lowest BCUT2D eigenvalue weighted by Crippen LogP contribution is -2.43. The van der Waals surface area contributed by atoms with Crippen molar-refractivity contribution in [2.75, 3.05) is 44.7 Å². The minimum absolute atomic E-state index is 0.00708. The number of rotatable bonds is 9. The number of hydrogen-bond acceptors (Lipinski definition) is 7. The Balaban J connectivity index is 1.46. The zero-order valence-electron chi connectivity index (χ0n) is 19.7. The molecule has 0 saturated carbocycles. The van der Waals surface area contributed by atoms with Crippen LogP contribution in [0.3, 0.4) is 0 Å². The second kappa shape index (κ2) is 10.9. The van der Waals surface area contributed by atoms with Gasteiger partial charge in [0.25, 0.3) is 15.9 Å². The van der Waals surface area contributed by atoms with Gasteiger partial charge in [0.1, 0.15) is 17.3 Å². The molecular formula is C25H29N3O6S. The highest BCUT2D eigenvalue weighted by Crippen LogP contribution is 2.24. The lowest BCUT2D eigenvalue weighted by atomic mass is 10.1. The van der Waals surface area contributed by atoms with E-state index in [0.29, 0.717) is 31.2 Å². The first-order valence-electron chi connectivity index (χ1n) is 11.3. The molecule has 2 N–H and O–H groups in total. The maximum absolute atomic E-state index is 13.0. The van der Waals surface area contributed by atoms with E-state index in [0.717, 1.165) is 24.6 Å². The molecule has 1 aromatic heterocycles. The highest BCUT2D eigenvalue weighted by molar-refractivity contribution is 7.92. The Morgan fingerprint density at radius 1 is 1.09 bits per heavy atom. The summed E-state index contributed by atoms with van der Waals surface area (Å²) < 4.78 is 44.7. The minimum atomic E-state index is -3.89. The summed E-state index contributed by atoms with van der Waals surface area (Å²) >= 11 is 0. The number of anilines is 1. The summed E-state index contributed by atoms with van der Waals surface area (Å²) in [5.41, 5.74) is 0.640. The quantitative estimate of drug-likeness (QED) is 0.465. The summed E-state index contributed by atoms with van der Waals surface area (Å²) in [4.78, 5) is 15.2. The van der Waals surface area contributed by atoms with E-state index in [2.05, 4.69) is 14.9 Å². The van der Waals surface area contributed by atoms with Crippen LogP contribution >= 0.6 is 0 Å². The van der Waals surface area contributed by atoms with Crippen molar-refractivity contribution < 1.29 is 27.1 Å². The van der Waals surface area contributed by atoms with Gasteiger partial charge >= 0.3 is 0 Å². The number of ether oxygens (including phenoxy) is 2. The number of aryl methyl sites for hydroxylation is 1. The molecule has 10 heteroatoms. The number of amides is 1. The smallest absolute Gasteiger partial charge is 0.261 e. The minimum Gasteiger partial charge on any atom is -0.497 e. The monoisotopic (exact) mass is 499 g/mol. The van der Waals surface area contributed by atoms with Crippen molar-refractivity contribution in [2.45, 2.75) is 17.9 Å².